The van der Waals surface area contributed by atoms with Gasteiger partial charge in [-0.3, -0.25) is 4.98 Å². The van der Waals surface area contributed by atoms with Crippen molar-refractivity contribution >= 4 is 19.9 Å². The summed E-state index contributed by atoms with van der Waals surface area (Å²) in [5, 5.41) is -1.13. The number of sulfonamides is 1. The van der Waals surface area contributed by atoms with E-state index in [9.17, 15) is 16.8 Å². The zero-order valence-corrected chi connectivity index (χ0v) is 21.2. The van der Waals surface area contributed by atoms with Gasteiger partial charge in [0.1, 0.15) is 5.25 Å². The Hall–Kier alpha value is -2.55. The van der Waals surface area contributed by atoms with Crippen LogP contribution < -0.4 is 4.72 Å². The highest BCUT2D eigenvalue weighted by Crippen LogP contribution is 2.30. The van der Waals surface area contributed by atoms with E-state index in [1.165, 1.54) is 6.20 Å². The summed E-state index contributed by atoms with van der Waals surface area (Å²) in [5.74, 6) is 0.267. The number of aromatic nitrogens is 1. The molecule has 3 aromatic rings. The molecule has 0 spiro atoms. The highest BCUT2D eigenvalue weighted by Gasteiger charge is 2.32. The fraction of sp³-hybridized carbons (Fsp3) is 0.320. The molecule has 0 aliphatic rings. The minimum atomic E-state index is -3.94. The number of rotatable bonds is 8. The number of nitrogens with one attached hydrogen (secondary N) is 1. The molecule has 0 bridgehead atoms. The van der Waals surface area contributed by atoms with E-state index in [0.29, 0.717) is 16.7 Å². The molecule has 0 aliphatic heterocycles. The Morgan fingerprint density at radius 2 is 1.48 bits per heavy atom. The van der Waals surface area contributed by atoms with E-state index < -0.39 is 25.1 Å². The number of hydrogen-bond donors (Lipinski definition) is 1. The largest absolute Gasteiger partial charge is 0.264 e. The predicted molar refractivity (Wildman–Crippen MR) is 131 cm³/mol. The van der Waals surface area contributed by atoms with Crippen LogP contribution in [-0.2, 0) is 19.9 Å². The first kappa shape index (κ1) is 25.1. The van der Waals surface area contributed by atoms with E-state index >= 15 is 0 Å². The van der Waals surface area contributed by atoms with Gasteiger partial charge in [0.15, 0.2) is 9.84 Å². The van der Waals surface area contributed by atoms with Gasteiger partial charge in [0, 0.05) is 18.9 Å². The molecule has 1 atom stereocenters. The number of pyridine rings is 1. The fourth-order valence-electron chi connectivity index (χ4n) is 4.03. The normalized spacial score (nSPS) is 13.3. The van der Waals surface area contributed by atoms with Crippen molar-refractivity contribution in [3.8, 4) is 0 Å². The molecule has 0 saturated carbocycles. The van der Waals surface area contributed by atoms with Crippen LogP contribution in [0.5, 0.6) is 0 Å². The third kappa shape index (κ3) is 5.51. The summed E-state index contributed by atoms with van der Waals surface area (Å²) in [5.41, 5.74) is 3.64. The Kier molecular flexibility index (Phi) is 7.41. The number of benzene rings is 2. The number of sulfone groups is 1. The predicted octanol–water partition coefficient (Wildman–Crippen LogP) is 4.62. The number of nitrogens with zero attached hydrogens (tertiary/aromatic N) is 1. The Labute approximate surface area is 197 Å². The Bertz CT molecular complexity index is 1310. The van der Waals surface area contributed by atoms with Gasteiger partial charge in [0.2, 0.25) is 10.0 Å². The number of aryl methyl sites for hydroxylation is 3. The van der Waals surface area contributed by atoms with Crippen molar-refractivity contribution in [3.63, 3.8) is 0 Å². The second-order valence-electron chi connectivity index (χ2n) is 8.62. The number of hydrogen-bond acceptors (Lipinski definition) is 5. The molecule has 0 radical (unpaired) electrons. The first-order valence-corrected chi connectivity index (χ1v) is 13.8. The minimum absolute atomic E-state index is 0.141. The zero-order valence-electron chi connectivity index (χ0n) is 19.5. The van der Waals surface area contributed by atoms with Crippen molar-refractivity contribution < 1.29 is 16.8 Å². The van der Waals surface area contributed by atoms with Crippen LogP contribution in [0.1, 0.15) is 52.8 Å². The lowest BCUT2D eigenvalue weighted by molar-refractivity contribution is 0.568. The molecule has 33 heavy (non-hydrogen) atoms. The molecule has 2 aromatic carbocycles. The first-order valence-electron chi connectivity index (χ1n) is 10.7. The lowest BCUT2D eigenvalue weighted by Gasteiger charge is -2.20. The van der Waals surface area contributed by atoms with Crippen LogP contribution in [0.2, 0.25) is 0 Å². The summed E-state index contributed by atoms with van der Waals surface area (Å²) < 4.78 is 56.1. The molecule has 0 saturated heterocycles. The second kappa shape index (κ2) is 9.75. The van der Waals surface area contributed by atoms with Gasteiger partial charge in [0.25, 0.3) is 0 Å². The molecule has 176 valence electrons. The van der Waals surface area contributed by atoms with E-state index in [0.717, 1.165) is 11.1 Å². The SMILES string of the molecule is Cc1cc(C)c(S(=O)(=O)NCC(c2cccnc2)S(=O)(=O)c2ccc(C(C)C)cc2)c(C)c1. The van der Waals surface area contributed by atoms with Crippen molar-refractivity contribution in [2.75, 3.05) is 6.54 Å². The van der Waals surface area contributed by atoms with E-state index in [4.69, 9.17) is 0 Å². The van der Waals surface area contributed by atoms with E-state index in [2.05, 4.69) is 9.71 Å². The van der Waals surface area contributed by atoms with Crippen molar-refractivity contribution in [1.82, 2.24) is 9.71 Å². The Balaban J connectivity index is 1.99. The van der Waals surface area contributed by atoms with Crippen molar-refractivity contribution in [1.29, 1.82) is 0 Å². The molecule has 0 amide bonds. The van der Waals surface area contributed by atoms with E-state index in [1.807, 2.05) is 20.8 Å². The Morgan fingerprint density at radius 3 is 2.00 bits per heavy atom. The van der Waals surface area contributed by atoms with Crippen molar-refractivity contribution in [2.45, 2.75) is 55.6 Å². The molecule has 1 N–H and O–H groups in total. The third-order valence-electron chi connectivity index (χ3n) is 5.64. The topological polar surface area (TPSA) is 93.2 Å². The van der Waals surface area contributed by atoms with Crippen LogP contribution in [-0.4, -0.2) is 28.4 Å². The molecule has 1 aromatic heterocycles. The van der Waals surface area contributed by atoms with Crippen molar-refractivity contribution in [2.24, 2.45) is 0 Å². The molecule has 0 fully saturated rings. The summed E-state index contributed by atoms with van der Waals surface area (Å²) >= 11 is 0. The van der Waals surface area contributed by atoms with Gasteiger partial charge in [-0.25, -0.2) is 21.6 Å². The smallest absolute Gasteiger partial charge is 0.241 e. The zero-order chi connectivity index (χ0) is 24.4. The van der Waals surface area contributed by atoms with Crippen LogP contribution in [0.15, 0.2) is 70.7 Å². The van der Waals surface area contributed by atoms with Crippen LogP contribution >= 0.6 is 0 Å². The van der Waals surface area contributed by atoms with Gasteiger partial charge < -0.3 is 0 Å². The summed E-state index contributed by atoms with van der Waals surface area (Å²) in [7, 11) is -7.83. The molecule has 3 rings (SSSR count). The molecular formula is C25H30N2O4S2. The Morgan fingerprint density at radius 1 is 0.879 bits per heavy atom. The molecule has 8 heteroatoms. The van der Waals surface area contributed by atoms with E-state index in [-0.39, 0.29) is 22.3 Å². The van der Waals surface area contributed by atoms with Crippen LogP contribution in [0.3, 0.4) is 0 Å². The summed E-state index contributed by atoms with van der Waals surface area (Å²) in [6.45, 7) is 9.13. The van der Waals surface area contributed by atoms with Gasteiger partial charge in [-0.1, -0.05) is 49.7 Å². The molecule has 1 unspecified atom stereocenters. The lowest BCUT2D eigenvalue weighted by Crippen LogP contribution is -2.32. The maximum Gasteiger partial charge on any atom is 0.241 e. The maximum absolute atomic E-state index is 13.6. The second-order valence-corrected chi connectivity index (χ2v) is 12.5. The first-order chi connectivity index (χ1) is 15.4. The average Bonchev–Trinajstić information content (AvgIpc) is 2.73. The maximum atomic E-state index is 13.6. The fourth-order valence-corrected chi connectivity index (χ4v) is 7.27. The average molecular weight is 487 g/mol. The van der Waals surface area contributed by atoms with Crippen molar-refractivity contribution in [3.05, 3.63) is 88.7 Å². The molecular weight excluding hydrogens is 456 g/mol. The van der Waals surface area contributed by atoms with Gasteiger partial charge >= 0.3 is 0 Å². The van der Waals surface area contributed by atoms with Crippen LogP contribution in [0.25, 0.3) is 0 Å². The molecule has 6 nitrogen and oxygen atoms in total. The standard InChI is InChI=1S/C25H30N2O4S2/c1-17(2)21-8-10-23(11-9-21)32(28,29)24(22-7-6-12-26-15-22)16-27-33(30,31)25-19(4)13-18(3)14-20(25)5/h6-15,17,24,27H,16H2,1-5H3. The molecule has 0 aliphatic carbocycles. The quantitative estimate of drug-likeness (QED) is 0.501. The van der Waals surface area contributed by atoms with Gasteiger partial charge in [-0.15, -0.1) is 0 Å². The lowest BCUT2D eigenvalue weighted by atomic mass is 10.0. The molecule has 1 heterocycles. The summed E-state index contributed by atoms with van der Waals surface area (Å²) in [4.78, 5) is 4.37. The third-order valence-corrected chi connectivity index (χ3v) is 9.48. The van der Waals surface area contributed by atoms with Gasteiger partial charge in [-0.05, 0) is 67.1 Å². The highest BCUT2D eigenvalue weighted by atomic mass is 32.2. The van der Waals surface area contributed by atoms with Crippen LogP contribution in [0.4, 0.5) is 0 Å². The van der Waals surface area contributed by atoms with Crippen LogP contribution in [0, 0.1) is 20.8 Å². The van der Waals surface area contributed by atoms with E-state index in [1.54, 1.807) is 68.6 Å². The highest BCUT2D eigenvalue weighted by molar-refractivity contribution is 7.92. The summed E-state index contributed by atoms with van der Waals surface area (Å²) in [6, 6.07) is 13.6. The van der Waals surface area contributed by atoms with Gasteiger partial charge in [0.05, 0.1) is 9.79 Å². The summed E-state index contributed by atoms with van der Waals surface area (Å²) in [6.07, 6.45) is 3.01. The minimum Gasteiger partial charge on any atom is -0.264 e. The monoisotopic (exact) mass is 486 g/mol. The van der Waals surface area contributed by atoms with Gasteiger partial charge in [-0.2, -0.15) is 0 Å².